The van der Waals surface area contributed by atoms with Gasteiger partial charge in [-0.3, -0.25) is 5.10 Å². The van der Waals surface area contributed by atoms with E-state index in [4.69, 9.17) is 4.74 Å². The van der Waals surface area contributed by atoms with Gasteiger partial charge >= 0.3 is 6.09 Å². The van der Waals surface area contributed by atoms with E-state index < -0.39 is 11.7 Å². The highest BCUT2D eigenvalue weighted by Crippen LogP contribution is 2.11. The number of aromatic nitrogens is 2. The largest absolute Gasteiger partial charge is 0.444 e. The SMILES string of the molecule is CC(C)(C)OC(=O)NCC#Cc1ccc2[nH]ncc2c1. The lowest BCUT2D eigenvalue weighted by molar-refractivity contribution is 0.0535. The maximum Gasteiger partial charge on any atom is 0.408 e. The van der Waals surface area contributed by atoms with Crippen molar-refractivity contribution in [1.82, 2.24) is 15.5 Å². The van der Waals surface area contributed by atoms with Crippen LogP contribution in [0.5, 0.6) is 0 Å². The number of alkyl carbamates (subject to hydrolysis) is 1. The van der Waals surface area contributed by atoms with Gasteiger partial charge in [-0.2, -0.15) is 5.10 Å². The fourth-order valence-corrected chi connectivity index (χ4v) is 1.60. The molecule has 0 aliphatic rings. The summed E-state index contributed by atoms with van der Waals surface area (Å²) in [5.41, 5.74) is 1.36. The van der Waals surface area contributed by atoms with Crippen LogP contribution in [0.25, 0.3) is 10.9 Å². The van der Waals surface area contributed by atoms with Gasteiger partial charge in [-0.1, -0.05) is 11.8 Å². The lowest BCUT2D eigenvalue weighted by atomic mass is 10.2. The van der Waals surface area contributed by atoms with Crippen molar-refractivity contribution in [3.63, 3.8) is 0 Å². The number of H-pyrrole nitrogens is 1. The second-order valence-corrected chi connectivity index (χ2v) is 5.33. The summed E-state index contributed by atoms with van der Waals surface area (Å²) in [7, 11) is 0. The van der Waals surface area contributed by atoms with E-state index in [1.807, 2.05) is 39.0 Å². The van der Waals surface area contributed by atoms with Gasteiger partial charge in [0.05, 0.1) is 18.3 Å². The van der Waals surface area contributed by atoms with Crippen molar-refractivity contribution < 1.29 is 9.53 Å². The number of amides is 1. The molecule has 0 spiro atoms. The van der Waals surface area contributed by atoms with Crippen LogP contribution in [0.4, 0.5) is 4.79 Å². The van der Waals surface area contributed by atoms with Crippen LogP contribution in [-0.4, -0.2) is 28.4 Å². The zero-order valence-electron chi connectivity index (χ0n) is 11.8. The molecule has 2 N–H and O–H groups in total. The number of nitrogens with zero attached hydrogens (tertiary/aromatic N) is 1. The predicted octanol–water partition coefficient (Wildman–Crippen LogP) is 2.44. The van der Waals surface area contributed by atoms with Crippen molar-refractivity contribution in [1.29, 1.82) is 0 Å². The molecule has 20 heavy (non-hydrogen) atoms. The molecule has 5 heteroatoms. The smallest absolute Gasteiger partial charge is 0.408 e. The summed E-state index contributed by atoms with van der Waals surface area (Å²) in [6.45, 7) is 5.70. The van der Waals surface area contributed by atoms with Crippen molar-refractivity contribution >= 4 is 17.0 Å². The molecule has 0 fully saturated rings. The summed E-state index contributed by atoms with van der Waals surface area (Å²) < 4.78 is 5.11. The zero-order chi connectivity index (χ0) is 14.6. The monoisotopic (exact) mass is 271 g/mol. The van der Waals surface area contributed by atoms with Crippen molar-refractivity contribution in [3.8, 4) is 11.8 Å². The predicted molar refractivity (Wildman–Crippen MR) is 77.2 cm³/mol. The number of rotatable bonds is 1. The number of fused-ring (bicyclic) bond motifs is 1. The van der Waals surface area contributed by atoms with Crippen molar-refractivity contribution in [3.05, 3.63) is 30.0 Å². The summed E-state index contributed by atoms with van der Waals surface area (Å²) in [5, 5.41) is 10.4. The molecule has 0 saturated heterocycles. The van der Waals surface area contributed by atoms with Gasteiger partial charge in [0.1, 0.15) is 5.60 Å². The first-order chi connectivity index (χ1) is 9.44. The molecule has 0 saturated carbocycles. The van der Waals surface area contributed by atoms with E-state index in [-0.39, 0.29) is 6.54 Å². The fraction of sp³-hybridized carbons (Fsp3) is 0.333. The third-order valence-corrected chi connectivity index (χ3v) is 2.39. The molecule has 0 aliphatic carbocycles. The highest BCUT2D eigenvalue weighted by atomic mass is 16.6. The molecule has 1 aromatic heterocycles. The van der Waals surface area contributed by atoms with Crippen molar-refractivity contribution in [2.75, 3.05) is 6.54 Å². The molecular weight excluding hydrogens is 254 g/mol. The van der Waals surface area contributed by atoms with E-state index in [2.05, 4.69) is 27.4 Å². The maximum atomic E-state index is 11.4. The van der Waals surface area contributed by atoms with E-state index in [9.17, 15) is 4.79 Å². The first-order valence-electron chi connectivity index (χ1n) is 6.33. The lowest BCUT2D eigenvalue weighted by Gasteiger charge is -2.18. The molecule has 0 bridgehead atoms. The third kappa shape index (κ3) is 4.02. The van der Waals surface area contributed by atoms with E-state index in [1.54, 1.807) is 6.20 Å². The zero-order valence-corrected chi connectivity index (χ0v) is 11.8. The Labute approximate surface area is 117 Å². The summed E-state index contributed by atoms with van der Waals surface area (Å²) in [5.74, 6) is 5.87. The average Bonchev–Trinajstić information content (AvgIpc) is 2.79. The Morgan fingerprint density at radius 3 is 3.00 bits per heavy atom. The second-order valence-electron chi connectivity index (χ2n) is 5.33. The molecular formula is C15H17N3O2. The molecule has 2 rings (SSSR count). The van der Waals surface area contributed by atoms with Crippen LogP contribution < -0.4 is 5.32 Å². The molecule has 0 aliphatic heterocycles. The number of aromatic amines is 1. The number of ether oxygens (including phenoxy) is 1. The average molecular weight is 271 g/mol. The Morgan fingerprint density at radius 2 is 2.25 bits per heavy atom. The van der Waals surface area contributed by atoms with Crippen LogP contribution >= 0.6 is 0 Å². The minimum absolute atomic E-state index is 0.248. The summed E-state index contributed by atoms with van der Waals surface area (Å²) in [6, 6.07) is 5.77. The standard InChI is InChI=1S/C15H17N3O2/c1-15(2,3)20-14(19)16-8-4-5-11-6-7-13-12(9-11)10-17-18-13/h6-7,9-10H,8H2,1-3H3,(H,16,19)(H,17,18). The number of carbonyl (C=O) groups excluding carboxylic acids is 1. The second kappa shape index (κ2) is 5.66. The number of nitrogens with one attached hydrogen (secondary N) is 2. The van der Waals surface area contributed by atoms with Crippen molar-refractivity contribution in [2.45, 2.75) is 26.4 Å². The minimum atomic E-state index is -0.496. The van der Waals surface area contributed by atoms with Gasteiger partial charge in [0.25, 0.3) is 0 Å². The molecule has 1 heterocycles. The van der Waals surface area contributed by atoms with Gasteiger partial charge in [0.15, 0.2) is 0 Å². The molecule has 1 aromatic carbocycles. The van der Waals surface area contributed by atoms with Crippen LogP contribution in [-0.2, 0) is 4.74 Å². The van der Waals surface area contributed by atoms with Crippen LogP contribution in [0.15, 0.2) is 24.4 Å². The number of benzene rings is 1. The van der Waals surface area contributed by atoms with Gasteiger partial charge in [-0.25, -0.2) is 4.79 Å². The molecule has 0 unspecified atom stereocenters. The molecule has 2 aromatic rings. The van der Waals surface area contributed by atoms with Crippen molar-refractivity contribution in [2.24, 2.45) is 0 Å². The summed E-state index contributed by atoms with van der Waals surface area (Å²) in [6.07, 6.45) is 1.29. The van der Waals surface area contributed by atoms with Crippen LogP contribution in [0.1, 0.15) is 26.3 Å². The Morgan fingerprint density at radius 1 is 1.45 bits per heavy atom. The fourth-order valence-electron chi connectivity index (χ4n) is 1.60. The van der Waals surface area contributed by atoms with Crippen LogP contribution in [0.2, 0.25) is 0 Å². The molecule has 0 atom stereocenters. The van der Waals surface area contributed by atoms with Gasteiger partial charge in [0.2, 0.25) is 0 Å². The van der Waals surface area contributed by atoms with E-state index in [1.165, 1.54) is 0 Å². The first-order valence-corrected chi connectivity index (χ1v) is 6.33. The Bertz CT molecular complexity index is 671. The highest BCUT2D eigenvalue weighted by Gasteiger charge is 2.14. The first kappa shape index (κ1) is 13.9. The Balaban J connectivity index is 1.89. The summed E-state index contributed by atoms with van der Waals surface area (Å²) >= 11 is 0. The van der Waals surface area contributed by atoms with Gasteiger partial charge in [-0.15, -0.1) is 0 Å². The maximum absolute atomic E-state index is 11.4. The number of hydrogen-bond acceptors (Lipinski definition) is 3. The molecule has 5 nitrogen and oxygen atoms in total. The van der Waals surface area contributed by atoms with Gasteiger partial charge in [0, 0.05) is 10.9 Å². The topological polar surface area (TPSA) is 67.0 Å². The quantitative estimate of drug-likeness (QED) is 0.783. The van der Waals surface area contributed by atoms with E-state index in [0.717, 1.165) is 16.5 Å². The van der Waals surface area contributed by atoms with Gasteiger partial charge in [-0.05, 0) is 39.0 Å². The third-order valence-electron chi connectivity index (χ3n) is 2.39. The summed E-state index contributed by atoms with van der Waals surface area (Å²) in [4.78, 5) is 11.4. The Kier molecular flexibility index (Phi) is 3.94. The lowest BCUT2D eigenvalue weighted by Crippen LogP contribution is -2.32. The molecule has 104 valence electrons. The van der Waals surface area contributed by atoms with Crippen LogP contribution in [0.3, 0.4) is 0 Å². The normalized spacial score (nSPS) is 10.8. The van der Waals surface area contributed by atoms with E-state index >= 15 is 0 Å². The Hall–Kier alpha value is -2.48. The van der Waals surface area contributed by atoms with Gasteiger partial charge < -0.3 is 10.1 Å². The van der Waals surface area contributed by atoms with E-state index in [0.29, 0.717) is 0 Å². The molecule has 0 radical (unpaired) electrons. The minimum Gasteiger partial charge on any atom is -0.444 e. The number of carbonyl (C=O) groups is 1. The highest BCUT2D eigenvalue weighted by molar-refractivity contribution is 5.79. The number of hydrogen-bond donors (Lipinski definition) is 2. The van der Waals surface area contributed by atoms with Crippen LogP contribution in [0, 0.1) is 11.8 Å². The molecule has 1 amide bonds.